The molecule has 0 aliphatic carbocycles. The number of halogens is 1. The van der Waals surface area contributed by atoms with Crippen LogP contribution in [0.4, 0.5) is 0 Å². The highest BCUT2D eigenvalue weighted by molar-refractivity contribution is 7.07. The SMILES string of the molecule is CCNC(Cc1ccsc1)c1ccc(C)cc1Cl. The summed E-state index contributed by atoms with van der Waals surface area (Å²) in [4.78, 5) is 0. The van der Waals surface area contributed by atoms with Gasteiger partial charge in [-0.15, -0.1) is 0 Å². The van der Waals surface area contributed by atoms with Crippen molar-refractivity contribution in [2.75, 3.05) is 6.54 Å². The minimum Gasteiger partial charge on any atom is -0.310 e. The van der Waals surface area contributed by atoms with Gasteiger partial charge in [-0.1, -0.05) is 30.7 Å². The maximum atomic E-state index is 6.36. The van der Waals surface area contributed by atoms with Crippen LogP contribution in [0.1, 0.15) is 29.7 Å². The molecule has 0 aliphatic heterocycles. The van der Waals surface area contributed by atoms with Crippen molar-refractivity contribution in [3.8, 4) is 0 Å². The van der Waals surface area contributed by atoms with Gasteiger partial charge in [0.2, 0.25) is 0 Å². The summed E-state index contributed by atoms with van der Waals surface area (Å²) in [7, 11) is 0. The summed E-state index contributed by atoms with van der Waals surface area (Å²) in [5, 5.41) is 8.70. The maximum Gasteiger partial charge on any atom is 0.0456 e. The normalized spacial score (nSPS) is 12.6. The van der Waals surface area contributed by atoms with E-state index in [9.17, 15) is 0 Å². The Morgan fingerprint density at radius 1 is 1.33 bits per heavy atom. The van der Waals surface area contributed by atoms with E-state index in [4.69, 9.17) is 11.6 Å². The van der Waals surface area contributed by atoms with Crippen molar-refractivity contribution in [3.63, 3.8) is 0 Å². The van der Waals surface area contributed by atoms with Crippen LogP contribution >= 0.6 is 22.9 Å². The molecule has 0 fully saturated rings. The second-order valence-electron chi connectivity index (χ2n) is 4.47. The number of thiophene rings is 1. The van der Waals surface area contributed by atoms with Crippen LogP contribution in [-0.4, -0.2) is 6.54 Å². The van der Waals surface area contributed by atoms with Gasteiger partial charge in [0.05, 0.1) is 0 Å². The van der Waals surface area contributed by atoms with Crippen LogP contribution in [0.5, 0.6) is 0 Å². The standard InChI is InChI=1S/C15H18ClNS/c1-3-17-15(9-12-6-7-18-10-12)13-5-4-11(2)8-14(13)16/h4-8,10,15,17H,3,9H2,1-2H3. The zero-order valence-electron chi connectivity index (χ0n) is 10.7. The van der Waals surface area contributed by atoms with E-state index in [-0.39, 0.29) is 6.04 Å². The van der Waals surface area contributed by atoms with Gasteiger partial charge in [-0.2, -0.15) is 11.3 Å². The molecule has 1 nitrogen and oxygen atoms in total. The van der Waals surface area contributed by atoms with Crippen LogP contribution < -0.4 is 5.32 Å². The third-order valence-corrected chi connectivity index (χ3v) is 4.06. The Hall–Kier alpha value is -0.830. The molecule has 0 aliphatic rings. The first-order valence-corrected chi connectivity index (χ1v) is 7.53. The lowest BCUT2D eigenvalue weighted by atomic mass is 9.99. The largest absolute Gasteiger partial charge is 0.310 e. The summed E-state index contributed by atoms with van der Waals surface area (Å²) in [5.74, 6) is 0. The molecule has 18 heavy (non-hydrogen) atoms. The number of benzene rings is 1. The van der Waals surface area contributed by atoms with Crippen LogP contribution in [0.2, 0.25) is 5.02 Å². The van der Waals surface area contributed by atoms with Crippen molar-refractivity contribution in [2.45, 2.75) is 26.3 Å². The molecule has 1 unspecified atom stereocenters. The molecule has 1 aromatic heterocycles. The van der Waals surface area contributed by atoms with E-state index in [0.717, 1.165) is 18.0 Å². The smallest absolute Gasteiger partial charge is 0.0456 e. The summed E-state index contributed by atoms with van der Waals surface area (Å²) in [5.41, 5.74) is 3.76. The van der Waals surface area contributed by atoms with Gasteiger partial charge in [0.1, 0.15) is 0 Å². The van der Waals surface area contributed by atoms with E-state index in [1.165, 1.54) is 16.7 Å². The predicted molar refractivity (Wildman–Crippen MR) is 80.6 cm³/mol. The molecule has 0 radical (unpaired) electrons. The van der Waals surface area contributed by atoms with E-state index in [2.05, 4.69) is 48.1 Å². The first-order valence-electron chi connectivity index (χ1n) is 6.21. The van der Waals surface area contributed by atoms with Crippen LogP contribution in [0.25, 0.3) is 0 Å². The molecule has 2 rings (SSSR count). The van der Waals surface area contributed by atoms with E-state index in [1.807, 2.05) is 6.07 Å². The predicted octanol–water partition coefficient (Wildman–Crippen LogP) is 4.60. The number of aryl methyl sites for hydroxylation is 1. The Morgan fingerprint density at radius 2 is 2.17 bits per heavy atom. The summed E-state index contributed by atoms with van der Waals surface area (Å²) in [6.45, 7) is 5.14. The lowest BCUT2D eigenvalue weighted by molar-refractivity contribution is 0.550. The highest BCUT2D eigenvalue weighted by Gasteiger charge is 2.14. The molecular formula is C15H18ClNS. The molecule has 96 valence electrons. The Labute approximate surface area is 118 Å². The second kappa shape index (κ2) is 6.37. The van der Waals surface area contributed by atoms with Crippen molar-refractivity contribution in [1.29, 1.82) is 0 Å². The zero-order valence-corrected chi connectivity index (χ0v) is 12.3. The van der Waals surface area contributed by atoms with Crippen molar-refractivity contribution in [2.24, 2.45) is 0 Å². The Morgan fingerprint density at radius 3 is 2.78 bits per heavy atom. The zero-order chi connectivity index (χ0) is 13.0. The molecule has 1 atom stereocenters. The van der Waals surface area contributed by atoms with Gasteiger partial charge in [0, 0.05) is 11.1 Å². The summed E-state index contributed by atoms with van der Waals surface area (Å²) in [6.07, 6.45) is 0.986. The fourth-order valence-electron chi connectivity index (χ4n) is 2.10. The quantitative estimate of drug-likeness (QED) is 0.843. The van der Waals surface area contributed by atoms with Gasteiger partial charge < -0.3 is 5.32 Å². The van der Waals surface area contributed by atoms with Gasteiger partial charge in [0.25, 0.3) is 0 Å². The topological polar surface area (TPSA) is 12.0 Å². The minimum absolute atomic E-state index is 0.290. The number of hydrogen-bond donors (Lipinski definition) is 1. The average molecular weight is 280 g/mol. The van der Waals surface area contributed by atoms with Gasteiger partial charge in [0.15, 0.2) is 0 Å². The third kappa shape index (κ3) is 3.35. The molecule has 1 N–H and O–H groups in total. The third-order valence-electron chi connectivity index (χ3n) is 3.00. The molecule has 0 saturated heterocycles. The van der Waals surface area contributed by atoms with Crippen LogP contribution in [-0.2, 0) is 6.42 Å². The van der Waals surface area contributed by atoms with Crippen molar-refractivity contribution < 1.29 is 0 Å². The minimum atomic E-state index is 0.290. The van der Waals surface area contributed by atoms with Crippen LogP contribution in [0, 0.1) is 6.92 Å². The van der Waals surface area contributed by atoms with Crippen molar-refractivity contribution in [3.05, 3.63) is 56.7 Å². The second-order valence-corrected chi connectivity index (χ2v) is 5.66. The lowest BCUT2D eigenvalue weighted by Crippen LogP contribution is -2.23. The summed E-state index contributed by atoms with van der Waals surface area (Å²) >= 11 is 8.10. The first kappa shape index (κ1) is 13.6. The molecular weight excluding hydrogens is 262 g/mol. The first-order chi connectivity index (χ1) is 8.70. The monoisotopic (exact) mass is 279 g/mol. The molecule has 2 aromatic rings. The molecule has 0 saturated carbocycles. The fourth-order valence-corrected chi connectivity index (χ4v) is 3.15. The van der Waals surface area contributed by atoms with Crippen molar-refractivity contribution >= 4 is 22.9 Å². The van der Waals surface area contributed by atoms with E-state index in [1.54, 1.807) is 11.3 Å². The van der Waals surface area contributed by atoms with E-state index >= 15 is 0 Å². The number of likely N-dealkylation sites (N-methyl/N-ethyl adjacent to an activating group) is 1. The molecule has 0 bridgehead atoms. The fraction of sp³-hybridized carbons (Fsp3) is 0.333. The van der Waals surface area contributed by atoms with E-state index < -0.39 is 0 Å². The molecule has 1 heterocycles. The number of nitrogens with one attached hydrogen (secondary N) is 1. The van der Waals surface area contributed by atoms with Crippen LogP contribution in [0.15, 0.2) is 35.0 Å². The molecule has 0 spiro atoms. The highest BCUT2D eigenvalue weighted by Crippen LogP contribution is 2.27. The summed E-state index contributed by atoms with van der Waals surface area (Å²) in [6, 6.07) is 8.76. The van der Waals surface area contributed by atoms with Gasteiger partial charge in [-0.3, -0.25) is 0 Å². The summed E-state index contributed by atoms with van der Waals surface area (Å²) < 4.78 is 0. The Balaban J connectivity index is 2.23. The van der Waals surface area contributed by atoms with Crippen molar-refractivity contribution in [1.82, 2.24) is 5.32 Å². The molecule has 0 amide bonds. The number of rotatable bonds is 5. The Bertz CT molecular complexity index is 493. The average Bonchev–Trinajstić information content (AvgIpc) is 2.81. The highest BCUT2D eigenvalue weighted by atomic mass is 35.5. The maximum absolute atomic E-state index is 6.36. The van der Waals surface area contributed by atoms with E-state index in [0.29, 0.717) is 0 Å². The number of hydrogen-bond acceptors (Lipinski definition) is 2. The van der Waals surface area contributed by atoms with Gasteiger partial charge >= 0.3 is 0 Å². The van der Waals surface area contributed by atoms with Gasteiger partial charge in [-0.05, 0) is 59.5 Å². The Kier molecular flexibility index (Phi) is 4.81. The van der Waals surface area contributed by atoms with Gasteiger partial charge in [-0.25, -0.2) is 0 Å². The molecule has 1 aromatic carbocycles. The lowest BCUT2D eigenvalue weighted by Gasteiger charge is -2.19. The molecule has 3 heteroatoms. The van der Waals surface area contributed by atoms with Crippen LogP contribution in [0.3, 0.4) is 0 Å².